The standard InChI is InChI=1S/C12H15N3O3S/c1-8(9-2-4-13-5-3-9)14-12(18)15-7-19-6-10(15)11(16)17/h2-5,8,10H,6-7H2,1H3,(H,14,18)(H,16,17)/t8?,10-/m0/s1. The molecule has 6 nitrogen and oxygen atoms in total. The number of carbonyl (C=O) groups excluding carboxylic acids is 1. The lowest BCUT2D eigenvalue weighted by atomic mass is 10.1. The van der Waals surface area contributed by atoms with Crippen LogP contribution in [0.15, 0.2) is 24.5 Å². The third-order valence-electron chi connectivity index (χ3n) is 2.97. The Balaban J connectivity index is 1.99. The Labute approximate surface area is 115 Å². The van der Waals surface area contributed by atoms with Gasteiger partial charge in [0.25, 0.3) is 0 Å². The summed E-state index contributed by atoms with van der Waals surface area (Å²) in [5, 5.41) is 11.8. The Hall–Kier alpha value is -1.76. The number of pyridine rings is 1. The number of thioether (sulfide) groups is 1. The normalized spacial score (nSPS) is 20.1. The van der Waals surface area contributed by atoms with Crippen LogP contribution >= 0.6 is 11.8 Å². The molecular formula is C12H15N3O3S. The van der Waals surface area contributed by atoms with Crippen LogP contribution in [-0.2, 0) is 4.79 Å². The molecule has 0 aromatic carbocycles. The molecule has 2 atom stereocenters. The van der Waals surface area contributed by atoms with Crippen LogP contribution in [0.2, 0.25) is 0 Å². The summed E-state index contributed by atoms with van der Waals surface area (Å²) < 4.78 is 0. The quantitative estimate of drug-likeness (QED) is 0.873. The maximum Gasteiger partial charge on any atom is 0.327 e. The van der Waals surface area contributed by atoms with E-state index in [1.165, 1.54) is 16.7 Å². The van der Waals surface area contributed by atoms with Crippen molar-refractivity contribution in [1.29, 1.82) is 0 Å². The molecule has 0 bridgehead atoms. The zero-order valence-corrected chi connectivity index (χ0v) is 11.3. The van der Waals surface area contributed by atoms with Crippen LogP contribution in [0.1, 0.15) is 18.5 Å². The van der Waals surface area contributed by atoms with E-state index < -0.39 is 12.0 Å². The summed E-state index contributed by atoms with van der Waals surface area (Å²) in [6, 6.07) is 2.36. The minimum absolute atomic E-state index is 0.185. The zero-order valence-electron chi connectivity index (χ0n) is 10.4. The zero-order chi connectivity index (χ0) is 13.8. The maximum absolute atomic E-state index is 12.1. The summed E-state index contributed by atoms with van der Waals surface area (Å²) in [6.07, 6.45) is 3.31. The van der Waals surface area contributed by atoms with Crippen LogP contribution in [0, 0.1) is 0 Å². The number of aromatic nitrogens is 1. The monoisotopic (exact) mass is 281 g/mol. The molecule has 1 aromatic rings. The van der Waals surface area contributed by atoms with E-state index in [0.29, 0.717) is 11.6 Å². The molecule has 0 spiro atoms. The van der Waals surface area contributed by atoms with Crippen molar-refractivity contribution >= 4 is 23.8 Å². The van der Waals surface area contributed by atoms with Crippen LogP contribution in [0.4, 0.5) is 4.79 Å². The van der Waals surface area contributed by atoms with Crippen molar-refractivity contribution in [3.63, 3.8) is 0 Å². The first-order valence-electron chi connectivity index (χ1n) is 5.87. The van der Waals surface area contributed by atoms with Gasteiger partial charge in [-0.2, -0.15) is 0 Å². The second-order valence-corrected chi connectivity index (χ2v) is 5.28. The number of hydrogen-bond acceptors (Lipinski definition) is 4. The Kier molecular flexibility index (Phi) is 4.26. The first-order chi connectivity index (χ1) is 9.09. The molecule has 0 radical (unpaired) electrons. The minimum Gasteiger partial charge on any atom is -0.480 e. The van der Waals surface area contributed by atoms with Crippen molar-refractivity contribution in [3.8, 4) is 0 Å². The molecular weight excluding hydrogens is 266 g/mol. The molecule has 2 rings (SSSR count). The fourth-order valence-corrected chi connectivity index (χ4v) is 3.00. The van der Waals surface area contributed by atoms with Crippen molar-refractivity contribution in [2.45, 2.75) is 19.0 Å². The Morgan fingerprint density at radius 2 is 2.21 bits per heavy atom. The lowest BCUT2D eigenvalue weighted by Gasteiger charge is -2.23. The molecule has 1 unspecified atom stereocenters. The predicted molar refractivity (Wildman–Crippen MR) is 71.8 cm³/mol. The van der Waals surface area contributed by atoms with Crippen molar-refractivity contribution in [2.75, 3.05) is 11.6 Å². The highest BCUT2D eigenvalue weighted by Gasteiger charge is 2.34. The van der Waals surface area contributed by atoms with E-state index in [1.807, 2.05) is 19.1 Å². The van der Waals surface area contributed by atoms with Gasteiger partial charge < -0.3 is 15.3 Å². The van der Waals surface area contributed by atoms with Crippen LogP contribution < -0.4 is 5.32 Å². The van der Waals surface area contributed by atoms with Crippen LogP contribution in [0.25, 0.3) is 0 Å². The Morgan fingerprint density at radius 1 is 1.53 bits per heavy atom. The van der Waals surface area contributed by atoms with Gasteiger partial charge in [-0.1, -0.05) is 0 Å². The van der Waals surface area contributed by atoms with Gasteiger partial charge in [-0.25, -0.2) is 9.59 Å². The maximum atomic E-state index is 12.1. The average molecular weight is 281 g/mol. The predicted octanol–water partition coefficient (Wildman–Crippen LogP) is 1.31. The molecule has 1 aromatic heterocycles. The van der Waals surface area contributed by atoms with Gasteiger partial charge in [0.05, 0.1) is 11.9 Å². The summed E-state index contributed by atoms with van der Waals surface area (Å²) in [6.45, 7) is 1.85. The van der Waals surface area contributed by atoms with Crippen LogP contribution in [-0.4, -0.2) is 44.7 Å². The molecule has 0 aliphatic carbocycles. The van der Waals surface area contributed by atoms with Gasteiger partial charge in [0.1, 0.15) is 6.04 Å². The van der Waals surface area contributed by atoms with E-state index in [9.17, 15) is 9.59 Å². The highest BCUT2D eigenvalue weighted by Crippen LogP contribution is 2.22. The number of amides is 2. The molecule has 0 saturated carbocycles. The largest absolute Gasteiger partial charge is 0.480 e. The van der Waals surface area contributed by atoms with E-state index >= 15 is 0 Å². The number of nitrogens with zero attached hydrogens (tertiary/aromatic N) is 2. The Morgan fingerprint density at radius 3 is 2.84 bits per heavy atom. The topological polar surface area (TPSA) is 82.5 Å². The molecule has 2 heterocycles. The number of carboxylic acid groups (broad SMARTS) is 1. The van der Waals surface area contributed by atoms with Crippen molar-refractivity contribution in [2.24, 2.45) is 0 Å². The van der Waals surface area contributed by atoms with Crippen molar-refractivity contribution < 1.29 is 14.7 Å². The first kappa shape index (κ1) is 13.7. The first-order valence-corrected chi connectivity index (χ1v) is 7.02. The van der Waals surface area contributed by atoms with Gasteiger partial charge in [0.2, 0.25) is 0 Å². The summed E-state index contributed by atoms with van der Waals surface area (Å²) in [7, 11) is 0. The van der Waals surface area contributed by atoms with Gasteiger partial charge in [-0.3, -0.25) is 4.98 Å². The smallest absolute Gasteiger partial charge is 0.327 e. The molecule has 1 fully saturated rings. The molecule has 1 saturated heterocycles. The van der Waals surface area contributed by atoms with Gasteiger partial charge in [-0.15, -0.1) is 11.8 Å². The fraction of sp³-hybridized carbons (Fsp3) is 0.417. The lowest BCUT2D eigenvalue weighted by molar-refractivity contribution is -0.140. The van der Waals surface area contributed by atoms with Crippen LogP contribution in [0.3, 0.4) is 0 Å². The molecule has 1 aliphatic heterocycles. The van der Waals surface area contributed by atoms with Crippen molar-refractivity contribution in [3.05, 3.63) is 30.1 Å². The van der Waals surface area contributed by atoms with Gasteiger partial charge >= 0.3 is 12.0 Å². The molecule has 1 aliphatic rings. The highest BCUT2D eigenvalue weighted by molar-refractivity contribution is 7.99. The van der Waals surface area contributed by atoms with Gasteiger partial charge in [0.15, 0.2) is 0 Å². The van der Waals surface area contributed by atoms with E-state index in [4.69, 9.17) is 5.11 Å². The van der Waals surface area contributed by atoms with Crippen molar-refractivity contribution in [1.82, 2.24) is 15.2 Å². The lowest BCUT2D eigenvalue weighted by Crippen LogP contribution is -2.47. The van der Waals surface area contributed by atoms with Gasteiger partial charge in [-0.05, 0) is 24.6 Å². The molecule has 2 amide bonds. The number of hydrogen-bond donors (Lipinski definition) is 2. The summed E-state index contributed by atoms with van der Waals surface area (Å²) in [5.74, 6) is -0.116. The number of aliphatic carboxylic acids is 1. The third-order valence-corrected chi connectivity index (χ3v) is 3.99. The van der Waals surface area contributed by atoms with Crippen LogP contribution in [0.5, 0.6) is 0 Å². The highest BCUT2D eigenvalue weighted by atomic mass is 32.2. The van der Waals surface area contributed by atoms with E-state index in [-0.39, 0.29) is 12.1 Å². The average Bonchev–Trinajstić information content (AvgIpc) is 2.89. The molecule has 102 valence electrons. The molecule has 19 heavy (non-hydrogen) atoms. The van der Waals surface area contributed by atoms with E-state index in [0.717, 1.165) is 5.56 Å². The number of rotatable bonds is 3. The second kappa shape index (κ2) is 5.92. The number of urea groups is 1. The summed E-state index contributed by atoms with van der Waals surface area (Å²) in [5.41, 5.74) is 0.932. The molecule has 7 heteroatoms. The Bertz CT molecular complexity index is 469. The number of nitrogens with one attached hydrogen (secondary N) is 1. The number of carboxylic acids is 1. The van der Waals surface area contributed by atoms with Gasteiger partial charge in [0, 0.05) is 18.1 Å². The SMILES string of the molecule is CC(NC(=O)N1CSC[C@H]1C(=O)O)c1ccncc1. The summed E-state index contributed by atoms with van der Waals surface area (Å²) in [4.78, 5) is 28.4. The fourth-order valence-electron chi connectivity index (χ4n) is 1.85. The number of carbonyl (C=O) groups is 2. The van der Waals surface area contributed by atoms with E-state index in [1.54, 1.807) is 12.4 Å². The third kappa shape index (κ3) is 3.17. The minimum atomic E-state index is -0.961. The molecule has 2 N–H and O–H groups in total. The second-order valence-electron chi connectivity index (χ2n) is 4.28. The summed E-state index contributed by atoms with van der Waals surface area (Å²) >= 11 is 1.44. The van der Waals surface area contributed by atoms with E-state index in [2.05, 4.69) is 10.3 Å².